The minimum Gasteiger partial charge on any atom is -0.506 e. The number of carbonyl (C=O) groups excluding carboxylic acids is 1. The van der Waals surface area contributed by atoms with Gasteiger partial charge >= 0.3 is 0 Å². The van der Waals surface area contributed by atoms with Crippen LogP contribution in [0.15, 0.2) is 41.4 Å². The number of halogens is 5. The number of phenolic OH excluding ortho intramolecular Hbond substituents is 1. The largest absolute Gasteiger partial charge is 0.506 e. The van der Waals surface area contributed by atoms with Gasteiger partial charge in [-0.15, -0.1) is 0 Å². The topological polar surface area (TPSA) is 114 Å². The fourth-order valence-corrected chi connectivity index (χ4v) is 6.90. The molecule has 234 valence electrons. The molecular formula is C31H27Cl5N6O3. The number of amides is 1. The first-order valence-electron chi connectivity index (χ1n) is 13.9. The Morgan fingerprint density at radius 2 is 1.78 bits per heavy atom. The van der Waals surface area contributed by atoms with Crippen molar-refractivity contribution in [3.05, 3.63) is 77.6 Å². The number of phenols is 1. The highest BCUT2D eigenvalue weighted by atomic mass is 35.5. The molecular weight excluding hydrogens is 682 g/mol. The van der Waals surface area contributed by atoms with Crippen molar-refractivity contribution in [3.63, 3.8) is 0 Å². The van der Waals surface area contributed by atoms with Crippen molar-refractivity contribution in [1.29, 1.82) is 5.26 Å². The van der Waals surface area contributed by atoms with E-state index < -0.39 is 11.3 Å². The van der Waals surface area contributed by atoms with Gasteiger partial charge < -0.3 is 20.2 Å². The maximum absolute atomic E-state index is 14.5. The molecule has 2 N–H and O–H groups in total. The van der Waals surface area contributed by atoms with Gasteiger partial charge in [0.1, 0.15) is 28.1 Å². The second kappa shape index (κ2) is 12.8. The van der Waals surface area contributed by atoms with E-state index in [4.69, 9.17) is 63.0 Å². The first kappa shape index (κ1) is 33.0. The lowest BCUT2D eigenvalue weighted by Gasteiger charge is -2.37. The number of hydrogen-bond acceptors (Lipinski definition) is 7. The molecule has 1 saturated heterocycles. The van der Waals surface area contributed by atoms with E-state index in [2.05, 4.69) is 18.0 Å². The highest BCUT2D eigenvalue weighted by Crippen LogP contribution is 2.51. The highest BCUT2D eigenvalue weighted by Gasteiger charge is 2.33. The van der Waals surface area contributed by atoms with E-state index in [0.29, 0.717) is 42.9 Å². The SMILES string of the molecule is C=CC(=O)N1CCN(c2c(C#N)c(=O)n(C3=C(C)C=CNC3C(C)C)c3nc(-c4c(O)c(Cl)c(Cl)c(Cl)c4Cl)c(Cl)cc23)CC1. The number of nitriles is 1. The molecule has 2 aliphatic rings. The van der Waals surface area contributed by atoms with Crippen molar-refractivity contribution in [2.24, 2.45) is 5.92 Å². The molecule has 1 unspecified atom stereocenters. The van der Waals surface area contributed by atoms with Crippen molar-refractivity contribution in [2.75, 3.05) is 31.1 Å². The number of rotatable bonds is 5. The summed E-state index contributed by atoms with van der Waals surface area (Å²) in [7, 11) is 0. The molecule has 1 fully saturated rings. The fraction of sp³-hybridized carbons (Fsp3) is 0.290. The molecule has 0 saturated carbocycles. The van der Waals surface area contributed by atoms with E-state index in [1.807, 2.05) is 37.9 Å². The summed E-state index contributed by atoms with van der Waals surface area (Å²) in [4.78, 5) is 35.1. The van der Waals surface area contributed by atoms with E-state index in [0.717, 1.165) is 5.57 Å². The maximum Gasteiger partial charge on any atom is 0.276 e. The second-order valence-electron chi connectivity index (χ2n) is 11.0. The lowest BCUT2D eigenvalue weighted by molar-refractivity contribution is -0.126. The molecule has 9 nitrogen and oxygen atoms in total. The Balaban J connectivity index is 1.90. The summed E-state index contributed by atoms with van der Waals surface area (Å²) >= 11 is 32.3. The molecule has 1 atom stereocenters. The summed E-state index contributed by atoms with van der Waals surface area (Å²) < 4.78 is 1.41. The molecule has 14 heteroatoms. The van der Waals surface area contributed by atoms with Crippen LogP contribution in [0.4, 0.5) is 5.69 Å². The standard InChI is InChI=1S/C31H27Cl5N6O3/c1-5-19(43)40-8-10-41(11-9-40)28-16-12-18(32)26(20-21(33)22(34)23(35)24(36)29(20)44)39-30(16)42(31(45)17(28)13-37)27-15(4)6-7-38-25(27)14(2)3/h5-7,12,14,25,38,44H,1,8-11H2,2-4H3. The number of hydrogen-bond donors (Lipinski definition) is 2. The fourth-order valence-electron chi connectivity index (χ4n) is 5.72. The molecule has 1 amide bonds. The molecule has 2 aliphatic heterocycles. The quantitative estimate of drug-likeness (QED) is 0.165. The van der Waals surface area contributed by atoms with E-state index in [9.17, 15) is 20.0 Å². The van der Waals surface area contributed by atoms with Crippen molar-refractivity contribution < 1.29 is 9.90 Å². The van der Waals surface area contributed by atoms with Crippen LogP contribution in [0.2, 0.25) is 25.1 Å². The summed E-state index contributed by atoms with van der Waals surface area (Å²) in [6, 6.07) is 3.38. The molecule has 0 spiro atoms. The third kappa shape index (κ3) is 5.53. The Morgan fingerprint density at radius 3 is 2.38 bits per heavy atom. The average molecular weight is 709 g/mol. The van der Waals surface area contributed by atoms with E-state index in [1.54, 1.807) is 11.0 Å². The smallest absolute Gasteiger partial charge is 0.276 e. The molecule has 0 bridgehead atoms. The number of benzene rings is 1. The number of nitrogens with one attached hydrogen (secondary N) is 1. The Kier molecular flexibility index (Phi) is 9.37. The lowest BCUT2D eigenvalue weighted by Crippen LogP contribution is -2.49. The molecule has 3 aromatic rings. The van der Waals surface area contributed by atoms with Gasteiger partial charge in [-0.2, -0.15) is 5.26 Å². The van der Waals surface area contributed by atoms with Crippen molar-refractivity contribution in [3.8, 4) is 23.1 Å². The van der Waals surface area contributed by atoms with Crippen LogP contribution >= 0.6 is 58.0 Å². The van der Waals surface area contributed by atoms with Crippen molar-refractivity contribution in [2.45, 2.75) is 26.8 Å². The number of piperazine rings is 1. The number of carbonyl (C=O) groups is 1. The van der Waals surface area contributed by atoms with Crippen LogP contribution in [0.5, 0.6) is 5.75 Å². The Bertz CT molecular complexity index is 1910. The van der Waals surface area contributed by atoms with Gasteiger partial charge in [0.15, 0.2) is 0 Å². The number of allylic oxidation sites excluding steroid dienone is 2. The van der Waals surface area contributed by atoms with E-state index >= 15 is 0 Å². The van der Waals surface area contributed by atoms with E-state index in [1.165, 1.54) is 10.6 Å². The Labute approximate surface area is 284 Å². The van der Waals surface area contributed by atoms with Crippen LogP contribution in [0.3, 0.4) is 0 Å². The third-order valence-corrected chi connectivity index (χ3v) is 10.0. The number of dihydropyridines is 1. The summed E-state index contributed by atoms with van der Waals surface area (Å²) in [5.74, 6) is -0.670. The van der Waals surface area contributed by atoms with Crippen LogP contribution in [0.25, 0.3) is 28.0 Å². The third-order valence-electron chi connectivity index (χ3n) is 7.96. The van der Waals surface area contributed by atoms with Gasteiger partial charge in [-0.3, -0.25) is 14.2 Å². The molecule has 1 aromatic carbocycles. The lowest BCUT2D eigenvalue weighted by atomic mass is 9.94. The molecule has 4 heterocycles. The number of pyridine rings is 2. The zero-order chi connectivity index (χ0) is 32.9. The summed E-state index contributed by atoms with van der Waals surface area (Å²) in [5.41, 5.74) is 1.09. The van der Waals surface area contributed by atoms with Crippen LogP contribution in [-0.2, 0) is 4.79 Å². The summed E-state index contributed by atoms with van der Waals surface area (Å²) in [5, 5.41) is 24.6. The molecule has 0 aliphatic carbocycles. The van der Waals surface area contributed by atoms with Crippen LogP contribution in [0, 0.1) is 17.2 Å². The van der Waals surface area contributed by atoms with Gasteiger partial charge in [0, 0.05) is 31.6 Å². The van der Waals surface area contributed by atoms with Gasteiger partial charge in [0.25, 0.3) is 5.56 Å². The molecule has 5 rings (SSSR count). The zero-order valence-electron chi connectivity index (χ0n) is 24.4. The highest BCUT2D eigenvalue weighted by molar-refractivity contribution is 6.53. The van der Waals surface area contributed by atoms with Crippen molar-refractivity contribution >= 4 is 86.3 Å². The number of nitrogens with zero attached hydrogens (tertiary/aromatic N) is 5. The van der Waals surface area contributed by atoms with Crippen LogP contribution in [0.1, 0.15) is 26.3 Å². The number of fused-ring (bicyclic) bond motifs is 1. The van der Waals surface area contributed by atoms with Crippen LogP contribution < -0.4 is 15.8 Å². The molecule has 45 heavy (non-hydrogen) atoms. The first-order valence-corrected chi connectivity index (χ1v) is 15.8. The predicted octanol–water partition coefficient (Wildman–Crippen LogP) is 7.11. The number of anilines is 1. The Hall–Kier alpha value is -3.39. The van der Waals surface area contributed by atoms with Gasteiger partial charge in [-0.05, 0) is 42.8 Å². The maximum atomic E-state index is 14.5. The van der Waals surface area contributed by atoms with Gasteiger partial charge in [-0.25, -0.2) is 4.98 Å². The van der Waals surface area contributed by atoms with E-state index in [-0.39, 0.29) is 65.4 Å². The summed E-state index contributed by atoms with van der Waals surface area (Å²) in [6.07, 6.45) is 4.90. The van der Waals surface area contributed by atoms with Crippen molar-refractivity contribution in [1.82, 2.24) is 19.8 Å². The van der Waals surface area contributed by atoms with Gasteiger partial charge in [-0.1, -0.05) is 78.4 Å². The minimum atomic E-state index is -0.593. The monoisotopic (exact) mass is 706 g/mol. The molecule has 0 radical (unpaired) electrons. The number of aromatic hydroxyl groups is 1. The molecule has 2 aromatic heterocycles. The minimum absolute atomic E-state index is 0.00370. The summed E-state index contributed by atoms with van der Waals surface area (Å²) in [6.45, 7) is 10.8. The predicted molar refractivity (Wildman–Crippen MR) is 182 cm³/mol. The van der Waals surface area contributed by atoms with Crippen LogP contribution in [-0.4, -0.2) is 57.7 Å². The van der Waals surface area contributed by atoms with Gasteiger partial charge in [0.2, 0.25) is 5.91 Å². The zero-order valence-corrected chi connectivity index (χ0v) is 28.2. The second-order valence-corrected chi connectivity index (χ2v) is 12.9. The van der Waals surface area contributed by atoms with Gasteiger partial charge in [0.05, 0.1) is 48.8 Å². The number of aromatic nitrogens is 2. The normalized spacial score (nSPS) is 16.8. The average Bonchev–Trinajstić information content (AvgIpc) is 3.02. The first-order chi connectivity index (χ1) is 21.3. The Morgan fingerprint density at radius 1 is 1.13 bits per heavy atom.